The highest BCUT2D eigenvalue weighted by Crippen LogP contribution is 2.22. The lowest BCUT2D eigenvalue weighted by atomic mass is 9.96. The van der Waals surface area contributed by atoms with Crippen LogP contribution in [0.1, 0.15) is 13.3 Å². The summed E-state index contributed by atoms with van der Waals surface area (Å²) in [6.07, 6.45) is 2.82. The molecule has 1 N–H and O–H groups in total. The van der Waals surface area contributed by atoms with Crippen LogP contribution in [-0.4, -0.2) is 40.5 Å². The number of piperidine rings is 1. The van der Waals surface area contributed by atoms with Crippen LogP contribution in [-0.2, 0) is 0 Å². The summed E-state index contributed by atoms with van der Waals surface area (Å²) >= 11 is 3.39. The Labute approximate surface area is 132 Å². The molecule has 3 rings (SSSR count). The van der Waals surface area contributed by atoms with E-state index in [-0.39, 0.29) is 5.56 Å². The standard InChI is InChI=1S/C15H19BrN4O/c1-10-7-11(9-19(2)8-10)17-14-13(16)15(21)20-6-4-3-5-12(20)18-14/h3-6,10-11,17H,7-9H2,1-2H3/t10-,11+/m0/s1. The van der Waals surface area contributed by atoms with Crippen molar-refractivity contribution in [3.05, 3.63) is 39.2 Å². The highest BCUT2D eigenvalue weighted by molar-refractivity contribution is 9.10. The van der Waals surface area contributed by atoms with E-state index >= 15 is 0 Å². The first-order chi connectivity index (χ1) is 10.0. The molecule has 5 nitrogen and oxygen atoms in total. The van der Waals surface area contributed by atoms with Gasteiger partial charge < -0.3 is 10.2 Å². The minimum absolute atomic E-state index is 0.0830. The average molecular weight is 351 g/mol. The molecule has 6 heteroatoms. The van der Waals surface area contributed by atoms with Crippen molar-refractivity contribution in [3.8, 4) is 0 Å². The summed E-state index contributed by atoms with van der Waals surface area (Å²) in [6, 6.07) is 5.87. The number of rotatable bonds is 2. The maximum atomic E-state index is 12.3. The number of nitrogens with zero attached hydrogens (tertiary/aromatic N) is 3. The molecule has 2 aromatic rings. The Morgan fingerprint density at radius 3 is 2.95 bits per heavy atom. The third kappa shape index (κ3) is 2.96. The highest BCUT2D eigenvalue weighted by atomic mass is 79.9. The zero-order chi connectivity index (χ0) is 15.0. The van der Waals surface area contributed by atoms with Gasteiger partial charge in [-0.3, -0.25) is 9.20 Å². The van der Waals surface area contributed by atoms with Crippen LogP contribution in [0, 0.1) is 5.92 Å². The molecular weight excluding hydrogens is 332 g/mol. The predicted octanol–water partition coefficient (Wildman–Crippen LogP) is 2.21. The van der Waals surface area contributed by atoms with Crippen LogP contribution < -0.4 is 10.9 Å². The van der Waals surface area contributed by atoms with Crippen LogP contribution in [0.25, 0.3) is 5.65 Å². The van der Waals surface area contributed by atoms with Gasteiger partial charge in [0.15, 0.2) is 0 Å². The molecule has 0 spiro atoms. The summed E-state index contributed by atoms with van der Waals surface area (Å²) in [6.45, 7) is 4.34. The van der Waals surface area contributed by atoms with Crippen molar-refractivity contribution >= 4 is 27.4 Å². The van der Waals surface area contributed by atoms with E-state index in [2.05, 4.69) is 45.1 Å². The van der Waals surface area contributed by atoms with E-state index in [0.29, 0.717) is 27.9 Å². The molecule has 2 atom stereocenters. The molecule has 0 aliphatic carbocycles. The Hall–Kier alpha value is -1.40. The Morgan fingerprint density at radius 2 is 2.19 bits per heavy atom. The van der Waals surface area contributed by atoms with Crippen molar-refractivity contribution in [2.45, 2.75) is 19.4 Å². The summed E-state index contributed by atoms with van der Waals surface area (Å²) in [5.41, 5.74) is 0.575. The monoisotopic (exact) mass is 350 g/mol. The maximum absolute atomic E-state index is 12.3. The Morgan fingerprint density at radius 1 is 1.38 bits per heavy atom. The van der Waals surface area contributed by atoms with Crippen LogP contribution >= 0.6 is 15.9 Å². The number of halogens is 1. The fourth-order valence-corrected chi connectivity index (χ4v) is 3.47. The molecule has 1 saturated heterocycles. The second kappa shape index (κ2) is 5.77. The molecule has 112 valence electrons. The van der Waals surface area contributed by atoms with Gasteiger partial charge in [-0.15, -0.1) is 0 Å². The highest BCUT2D eigenvalue weighted by Gasteiger charge is 2.23. The normalized spacial score (nSPS) is 23.4. The number of fused-ring (bicyclic) bond motifs is 1. The number of pyridine rings is 1. The van der Waals surface area contributed by atoms with E-state index in [9.17, 15) is 4.79 Å². The average Bonchev–Trinajstić information content (AvgIpc) is 2.43. The lowest BCUT2D eigenvalue weighted by Crippen LogP contribution is -2.43. The van der Waals surface area contributed by atoms with Gasteiger partial charge in [0.25, 0.3) is 5.56 Å². The number of nitrogens with one attached hydrogen (secondary N) is 1. The van der Waals surface area contributed by atoms with Gasteiger partial charge in [0.1, 0.15) is 15.9 Å². The van der Waals surface area contributed by atoms with Gasteiger partial charge in [0.05, 0.1) is 0 Å². The Kier molecular flexibility index (Phi) is 3.99. The van der Waals surface area contributed by atoms with Gasteiger partial charge >= 0.3 is 0 Å². The number of likely N-dealkylation sites (tertiary alicyclic amines) is 1. The van der Waals surface area contributed by atoms with Crippen molar-refractivity contribution in [1.82, 2.24) is 14.3 Å². The lowest BCUT2D eigenvalue weighted by molar-refractivity contribution is 0.207. The predicted molar refractivity (Wildman–Crippen MR) is 87.9 cm³/mol. The molecule has 1 aliphatic rings. The molecule has 0 unspecified atom stereocenters. The largest absolute Gasteiger partial charge is 0.365 e. The first-order valence-electron chi connectivity index (χ1n) is 7.16. The van der Waals surface area contributed by atoms with Gasteiger partial charge in [-0.05, 0) is 47.4 Å². The van der Waals surface area contributed by atoms with Crippen molar-refractivity contribution in [2.24, 2.45) is 5.92 Å². The van der Waals surface area contributed by atoms with Crippen molar-refractivity contribution in [3.63, 3.8) is 0 Å². The SMILES string of the molecule is C[C@H]1C[C@@H](Nc2nc3ccccn3c(=O)c2Br)CN(C)C1. The molecule has 0 amide bonds. The number of likely N-dealkylation sites (N-methyl/N-ethyl adjacent to an activating group) is 1. The summed E-state index contributed by atoms with van der Waals surface area (Å²) in [5.74, 6) is 1.28. The maximum Gasteiger partial charge on any atom is 0.274 e. The number of hydrogen-bond acceptors (Lipinski definition) is 4. The van der Waals surface area contributed by atoms with Crippen molar-refractivity contribution in [1.29, 1.82) is 0 Å². The van der Waals surface area contributed by atoms with Crippen molar-refractivity contribution < 1.29 is 0 Å². The molecular formula is C15H19BrN4O. The minimum Gasteiger partial charge on any atom is -0.365 e. The molecule has 21 heavy (non-hydrogen) atoms. The summed E-state index contributed by atoms with van der Waals surface area (Å²) in [5, 5.41) is 3.43. The van der Waals surface area contributed by atoms with E-state index < -0.39 is 0 Å². The van der Waals surface area contributed by atoms with E-state index in [0.717, 1.165) is 19.5 Å². The molecule has 2 aromatic heterocycles. The Balaban J connectivity index is 1.94. The van der Waals surface area contributed by atoms with Gasteiger partial charge in [-0.2, -0.15) is 0 Å². The topological polar surface area (TPSA) is 49.6 Å². The summed E-state index contributed by atoms with van der Waals surface area (Å²) in [4.78, 5) is 19.2. The van der Waals surface area contributed by atoms with Crippen molar-refractivity contribution in [2.75, 3.05) is 25.5 Å². The summed E-state index contributed by atoms with van der Waals surface area (Å²) in [7, 11) is 2.13. The van der Waals surface area contributed by atoms with Crippen LogP contribution in [0.4, 0.5) is 5.82 Å². The third-order valence-corrected chi connectivity index (χ3v) is 4.58. The van der Waals surface area contributed by atoms with Gasteiger partial charge in [-0.1, -0.05) is 13.0 Å². The molecule has 0 radical (unpaired) electrons. The summed E-state index contributed by atoms with van der Waals surface area (Å²) < 4.78 is 2.04. The first kappa shape index (κ1) is 14.5. The van der Waals surface area contributed by atoms with Crippen LogP contribution in [0.15, 0.2) is 33.7 Å². The fraction of sp³-hybridized carbons (Fsp3) is 0.467. The van der Waals surface area contributed by atoms with E-state index in [4.69, 9.17) is 0 Å². The minimum atomic E-state index is -0.0830. The second-order valence-electron chi connectivity index (χ2n) is 5.91. The van der Waals surface area contributed by atoms with Gasteiger partial charge in [0, 0.05) is 25.3 Å². The molecule has 0 saturated carbocycles. The quantitative estimate of drug-likeness (QED) is 0.901. The Bertz CT molecular complexity index is 704. The molecule has 1 fully saturated rings. The van der Waals surface area contributed by atoms with E-state index in [1.54, 1.807) is 10.6 Å². The number of aromatic nitrogens is 2. The van der Waals surface area contributed by atoms with Crippen LogP contribution in [0.3, 0.4) is 0 Å². The fourth-order valence-electron chi connectivity index (χ4n) is 3.08. The lowest BCUT2D eigenvalue weighted by Gasteiger charge is -2.34. The number of hydrogen-bond donors (Lipinski definition) is 1. The van der Waals surface area contributed by atoms with Gasteiger partial charge in [0.2, 0.25) is 0 Å². The zero-order valence-electron chi connectivity index (χ0n) is 12.2. The zero-order valence-corrected chi connectivity index (χ0v) is 13.8. The third-order valence-electron chi connectivity index (χ3n) is 3.86. The first-order valence-corrected chi connectivity index (χ1v) is 7.96. The van der Waals surface area contributed by atoms with E-state index in [1.807, 2.05) is 18.2 Å². The second-order valence-corrected chi connectivity index (χ2v) is 6.70. The molecule has 1 aliphatic heterocycles. The smallest absolute Gasteiger partial charge is 0.274 e. The van der Waals surface area contributed by atoms with Crippen LogP contribution in [0.5, 0.6) is 0 Å². The van der Waals surface area contributed by atoms with Crippen LogP contribution in [0.2, 0.25) is 0 Å². The molecule has 0 aromatic carbocycles. The molecule has 0 bridgehead atoms. The van der Waals surface area contributed by atoms with Gasteiger partial charge in [-0.25, -0.2) is 4.98 Å². The molecule has 3 heterocycles. The number of anilines is 1. The van der Waals surface area contributed by atoms with E-state index in [1.165, 1.54) is 0 Å².